The van der Waals surface area contributed by atoms with Gasteiger partial charge in [0, 0.05) is 29.3 Å². The molecule has 2 amide bonds. The Morgan fingerprint density at radius 1 is 1.43 bits per heavy atom. The number of hydrogen-bond acceptors (Lipinski definition) is 5. The molecule has 2 heterocycles. The van der Waals surface area contributed by atoms with Crippen LogP contribution in [0.25, 0.3) is 0 Å². The minimum Gasteiger partial charge on any atom is -0.465 e. The SMILES string of the molecule is Cc1coc(CC(=O)Nc2cc([C@H]3CC[C@@H](N(C(=O)O)C4(C)CC4)C3)[nH]n2)n1. The number of amides is 2. The Hall–Kier alpha value is -2.84. The number of aryl methyl sites for hydroxylation is 1. The van der Waals surface area contributed by atoms with E-state index in [1.165, 1.54) is 6.26 Å². The summed E-state index contributed by atoms with van der Waals surface area (Å²) in [5, 5.41) is 19.6. The Morgan fingerprint density at radius 2 is 2.21 bits per heavy atom. The molecule has 0 unspecified atom stereocenters. The third-order valence-corrected chi connectivity index (χ3v) is 5.81. The highest BCUT2D eigenvalue weighted by molar-refractivity contribution is 5.90. The first kappa shape index (κ1) is 18.5. The molecule has 2 fully saturated rings. The lowest BCUT2D eigenvalue weighted by molar-refractivity contribution is -0.115. The van der Waals surface area contributed by atoms with Gasteiger partial charge in [0.15, 0.2) is 5.82 Å². The van der Waals surface area contributed by atoms with Crippen molar-refractivity contribution in [1.82, 2.24) is 20.1 Å². The molecule has 0 spiro atoms. The van der Waals surface area contributed by atoms with Gasteiger partial charge in [0.25, 0.3) is 0 Å². The van der Waals surface area contributed by atoms with Gasteiger partial charge in [-0.3, -0.25) is 14.8 Å². The number of hydrogen-bond donors (Lipinski definition) is 3. The van der Waals surface area contributed by atoms with Crippen molar-refractivity contribution in [3.05, 3.63) is 29.6 Å². The van der Waals surface area contributed by atoms with Gasteiger partial charge in [0.2, 0.25) is 11.8 Å². The fourth-order valence-electron chi connectivity index (χ4n) is 4.14. The van der Waals surface area contributed by atoms with E-state index in [0.717, 1.165) is 43.5 Å². The molecule has 3 N–H and O–H groups in total. The predicted octanol–water partition coefficient (Wildman–Crippen LogP) is 3.06. The van der Waals surface area contributed by atoms with E-state index in [2.05, 4.69) is 20.5 Å². The van der Waals surface area contributed by atoms with Crippen molar-refractivity contribution in [1.29, 1.82) is 0 Å². The van der Waals surface area contributed by atoms with E-state index in [-0.39, 0.29) is 29.8 Å². The summed E-state index contributed by atoms with van der Waals surface area (Å²) in [6, 6.07) is 1.86. The van der Waals surface area contributed by atoms with Crippen LogP contribution in [-0.4, -0.2) is 48.8 Å². The lowest BCUT2D eigenvalue weighted by Crippen LogP contribution is -2.45. The summed E-state index contributed by atoms with van der Waals surface area (Å²) in [6.07, 6.45) is 5.11. The summed E-state index contributed by atoms with van der Waals surface area (Å²) in [5.41, 5.74) is 1.46. The first-order valence-corrected chi connectivity index (χ1v) is 9.62. The normalized spacial score (nSPS) is 22.8. The Morgan fingerprint density at radius 3 is 2.86 bits per heavy atom. The number of oxazole rings is 1. The van der Waals surface area contributed by atoms with Crippen LogP contribution in [0.15, 0.2) is 16.7 Å². The Bertz CT molecular complexity index is 885. The third-order valence-electron chi connectivity index (χ3n) is 5.81. The van der Waals surface area contributed by atoms with Crippen molar-refractivity contribution >= 4 is 17.8 Å². The Kier molecular flexibility index (Phi) is 4.60. The van der Waals surface area contributed by atoms with E-state index in [4.69, 9.17) is 4.42 Å². The number of anilines is 1. The van der Waals surface area contributed by atoms with E-state index >= 15 is 0 Å². The molecule has 9 nitrogen and oxygen atoms in total. The topological polar surface area (TPSA) is 124 Å². The van der Waals surface area contributed by atoms with Gasteiger partial charge in [-0.25, -0.2) is 9.78 Å². The second-order valence-electron chi connectivity index (χ2n) is 8.13. The minimum atomic E-state index is -0.829. The molecule has 2 aromatic rings. The monoisotopic (exact) mass is 387 g/mol. The molecule has 0 saturated heterocycles. The van der Waals surface area contributed by atoms with Crippen molar-refractivity contribution in [3.63, 3.8) is 0 Å². The van der Waals surface area contributed by atoms with E-state index in [1.807, 2.05) is 13.0 Å². The summed E-state index contributed by atoms with van der Waals surface area (Å²) < 4.78 is 5.19. The maximum Gasteiger partial charge on any atom is 0.408 e. The minimum absolute atomic E-state index is 0.0320. The number of carbonyl (C=O) groups is 2. The first-order valence-electron chi connectivity index (χ1n) is 9.62. The highest BCUT2D eigenvalue weighted by Gasteiger charge is 2.50. The highest BCUT2D eigenvalue weighted by atomic mass is 16.4. The summed E-state index contributed by atoms with van der Waals surface area (Å²) in [5.74, 6) is 0.785. The van der Waals surface area contributed by atoms with Gasteiger partial charge < -0.3 is 14.8 Å². The molecule has 9 heteroatoms. The number of aromatic amines is 1. The van der Waals surface area contributed by atoms with Crippen molar-refractivity contribution in [3.8, 4) is 0 Å². The van der Waals surface area contributed by atoms with Gasteiger partial charge in [0.05, 0.1) is 5.69 Å². The Labute approximate surface area is 162 Å². The van der Waals surface area contributed by atoms with Crippen molar-refractivity contribution < 1.29 is 19.1 Å². The molecule has 0 radical (unpaired) electrons. The van der Waals surface area contributed by atoms with Crippen LogP contribution >= 0.6 is 0 Å². The molecule has 2 atom stereocenters. The summed E-state index contributed by atoms with van der Waals surface area (Å²) in [6.45, 7) is 3.82. The fraction of sp³-hybridized carbons (Fsp3) is 0.579. The fourth-order valence-corrected chi connectivity index (χ4v) is 4.14. The molecule has 28 heavy (non-hydrogen) atoms. The van der Waals surface area contributed by atoms with Crippen LogP contribution in [0.2, 0.25) is 0 Å². The zero-order chi connectivity index (χ0) is 19.9. The van der Waals surface area contributed by atoms with Gasteiger partial charge in [-0.1, -0.05) is 0 Å². The Balaban J connectivity index is 1.35. The van der Waals surface area contributed by atoms with Crippen molar-refractivity contribution in [2.45, 2.75) is 69.9 Å². The number of rotatable bonds is 6. The highest BCUT2D eigenvalue weighted by Crippen LogP contribution is 2.47. The third kappa shape index (κ3) is 3.74. The van der Waals surface area contributed by atoms with Crippen molar-refractivity contribution in [2.24, 2.45) is 0 Å². The molecule has 4 rings (SSSR count). The molecule has 2 aliphatic rings. The van der Waals surface area contributed by atoms with Crippen LogP contribution in [0.4, 0.5) is 10.6 Å². The van der Waals surface area contributed by atoms with Crippen LogP contribution in [0, 0.1) is 6.92 Å². The predicted molar refractivity (Wildman–Crippen MR) is 100 cm³/mol. The molecule has 2 aromatic heterocycles. The zero-order valence-corrected chi connectivity index (χ0v) is 16.1. The molecular formula is C19H25N5O4. The second kappa shape index (κ2) is 6.96. The van der Waals surface area contributed by atoms with Crippen LogP contribution in [0.5, 0.6) is 0 Å². The molecule has 0 bridgehead atoms. The van der Waals surface area contributed by atoms with Crippen LogP contribution < -0.4 is 5.32 Å². The van der Waals surface area contributed by atoms with E-state index in [0.29, 0.717) is 11.7 Å². The van der Waals surface area contributed by atoms with Crippen LogP contribution in [0.1, 0.15) is 62.2 Å². The number of aromatic nitrogens is 3. The maximum absolute atomic E-state index is 12.1. The van der Waals surface area contributed by atoms with E-state index in [9.17, 15) is 14.7 Å². The molecule has 2 aliphatic carbocycles. The second-order valence-corrected chi connectivity index (χ2v) is 8.13. The molecule has 0 aromatic carbocycles. The van der Waals surface area contributed by atoms with Gasteiger partial charge in [-0.05, 0) is 46.0 Å². The largest absolute Gasteiger partial charge is 0.465 e. The maximum atomic E-state index is 12.1. The molecule has 2 saturated carbocycles. The number of nitrogens with one attached hydrogen (secondary N) is 2. The average molecular weight is 387 g/mol. The number of carboxylic acid groups (broad SMARTS) is 1. The van der Waals surface area contributed by atoms with E-state index in [1.54, 1.807) is 11.8 Å². The van der Waals surface area contributed by atoms with Crippen LogP contribution in [0.3, 0.4) is 0 Å². The summed E-state index contributed by atoms with van der Waals surface area (Å²) in [4.78, 5) is 29.6. The van der Waals surface area contributed by atoms with Gasteiger partial charge in [0.1, 0.15) is 12.7 Å². The molecular weight excluding hydrogens is 362 g/mol. The number of H-pyrrole nitrogens is 1. The number of carbonyl (C=O) groups excluding carboxylic acids is 1. The van der Waals surface area contributed by atoms with Gasteiger partial charge in [-0.15, -0.1) is 0 Å². The van der Waals surface area contributed by atoms with Gasteiger partial charge in [-0.2, -0.15) is 5.10 Å². The number of nitrogens with zero attached hydrogens (tertiary/aromatic N) is 3. The average Bonchev–Trinajstić information content (AvgIpc) is 3.03. The van der Waals surface area contributed by atoms with Crippen molar-refractivity contribution in [2.75, 3.05) is 5.32 Å². The molecule has 150 valence electrons. The molecule has 0 aliphatic heterocycles. The lowest BCUT2D eigenvalue weighted by atomic mass is 10.0. The smallest absolute Gasteiger partial charge is 0.408 e. The summed E-state index contributed by atoms with van der Waals surface area (Å²) >= 11 is 0. The van der Waals surface area contributed by atoms with E-state index < -0.39 is 6.09 Å². The van der Waals surface area contributed by atoms with Gasteiger partial charge >= 0.3 is 6.09 Å². The quantitative estimate of drug-likeness (QED) is 0.700. The zero-order valence-electron chi connectivity index (χ0n) is 16.1. The first-order chi connectivity index (χ1) is 13.3. The summed E-state index contributed by atoms with van der Waals surface area (Å²) in [7, 11) is 0. The van der Waals surface area contributed by atoms with Crippen LogP contribution in [-0.2, 0) is 11.2 Å². The standard InChI is InChI=1S/C19H25N5O4/c1-11-10-28-17(20-11)9-16(25)21-15-8-14(22-23-15)12-3-4-13(7-12)24(18(26)27)19(2)5-6-19/h8,10,12-13H,3-7,9H2,1-2H3,(H,26,27)(H2,21,22,23,25)/t12-,13+/m0/s1. The lowest BCUT2D eigenvalue weighted by Gasteiger charge is -2.32.